The molecule has 0 amide bonds. The number of rotatable bonds is 3. The lowest BCUT2D eigenvalue weighted by atomic mass is 9.90. The number of pyridine rings is 1. The first-order valence-corrected chi connectivity index (χ1v) is 7.46. The third-order valence-corrected chi connectivity index (χ3v) is 4.35. The molecule has 0 saturated carbocycles. The van der Waals surface area contributed by atoms with Gasteiger partial charge in [0, 0.05) is 30.3 Å². The number of carbonyl (C=O) groups is 1. The van der Waals surface area contributed by atoms with Crippen LogP contribution in [0.1, 0.15) is 33.8 Å². The van der Waals surface area contributed by atoms with E-state index < -0.39 is 0 Å². The summed E-state index contributed by atoms with van der Waals surface area (Å²) in [5.41, 5.74) is 5.75. The molecule has 0 radical (unpaired) electrons. The number of ketones is 1. The fourth-order valence-electron chi connectivity index (χ4n) is 3.32. The molecule has 1 aliphatic rings. The van der Waals surface area contributed by atoms with Crippen LogP contribution in [0.2, 0.25) is 0 Å². The minimum Gasteiger partial charge on any atom is -0.294 e. The van der Waals surface area contributed by atoms with Gasteiger partial charge in [-0.25, -0.2) is 0 Å². The Morgan fingerprint density at radius 3 is 1.95 bits per heavy atom. The van der Waals surface area contributed by atoms with E-state index in [1.54, 1.807) is 24.5 Å². The predicted molar refractivity (Wildman–Crippen MR) is 86.9 cm³/mol. The molecule has 0 bridgehead atoms. The first-order chi connectivity index (χ1) is 10.8. The van der Waals surface area contributed by atoms with Crippen LogP contribution in [-0.2, 0) is 0 Å². The van der Waals surface area contributed by atoms with Crippen molar-refractivity contribution in [1.29, 1.82) is 0 Å². The molecular weight excluding hydrogens is 270 g/mol. The van der Waals surface area contributed by atoms with E-state index in [-0.39, 0.29) is 11.7 Å². The molecule has 1 aliphatic carbocycles. The van der Waals surface area contributed by atoms with Gasteiger partial charge in [-0.05, 0) is 34.4 Å². The molecular formula is C20H15NO. The molecule has 0 aliphatic heterocycles. The van der Waals surface area contributed by atoms with Crippen LogP contribution in [0.25, 0.3) is 11.1 Å². The van der Waals surface area contributed by atoms with E-state index in [0.29, 0.717) is 6.42 Å². The van der Waals surface area contributed by atoms with Crippen LogP contribution in [-0.4, -0.2) is 10.8 Å². The summed E-state index contributed by atoms with van der Waals surface area (Å²) in [6, 6.07) is 20.4. The fourth-order valence-corrected chi connectivity index (χ4v) is 3.32. The normalized spacial score (nSPS) is 12.7. The first-order valence-electron chi connectivity index (χ1n) is 7.46. The number of fused-ring (bicyclic) bond motifs is 3. The highest BCUT2D eigenvalue weighted by Crippen LogP contribution is 2.46. The largest absolute Gasteiger partial charge is 0.294 e. The Balaban J connectivity index is 1.74. The zero-order valence-corrected chi connectivity index (χ0v) is 12.1. The maximum absolute atomic E-state index is 12.6. The summed E-state index contributed by atoms with van der Waals surface area (Å²) in [7, 11) is 0. The molecule has 0 fully saturated rings. The summed E-state index contributed by atoms with van der Waals surface area (Å²) in [5, 5.41) is 0. The summed E-state index contributed by atoms with van der Waals surface area (Å²) in [6.45, 7) is 0. The second-order valence-electron chi connectivity index (χ2n) is 5.59. The Kier molecular flexibility index (Phi) is 3.08. The summed E-state index contributed by atoms with van der Waals surface area (Å²) >= 11 is 0. The molecule has 2 nitrogen and oxygen atoms in total. The Morgan fingerprint density at radius 2 is 1.36 bits per heavy atom. The Hall–Kier alpha value is -2.74. The number of hydrogen-bond donors (Lipinski definition) is 0. The number of carbonyl (C=O) groups excluding carboxylic acids is 1. The van der Waals surface area contributed by atoms with Crippen molar-refractivity contribution in [2.24, 2.45) is 0 Å². The van der Waals surface area contributed by atoms with E-state index in [4.69, 9.17) is 0 Å². The Morgan fingerprint density at radius 1 is 0.818 bits per heavy atom. The zero-order chi connectivity index (χ0) is 14.9. The van der Waals surface area contributed by atoms with Gasteiger partial charge in [0.05, 0.1) is 0 Å². The molecule has 106 valence electrons. The second kappa shape index (κ2) is 5.23. The van der Waals surface area contributed by atoms with Crippen LogP contribution in [0.3, 0.4) is 0 Å². The fraction of sp³-hybridized carbons (Fsp3) is 0.100. The molecule has 0 saturated heterocycles. The summed E-state index contributed by atoms with van der Waals surface area (Å²) in [5.74, 6) is 0.312. The van der Waals surface area contributed by atoms with Crippen molar-refractivity contribution < 1.29 is 4.79 Å². The highest BCUT2D eigenvalue weighted by Gasteiger charge is 2.29. The number of benzene rings is 2. The summed E-state index contributed by atoms with van der Waals surface area (Å²) in [6.07, 6.45) is 3.84. The number of aromatic nitrogens is 1. The quantitative estimate of drug-likeness (QED) is 0.665. The standard InChI is InChI=1S/C20H15NO/c22-20(14-9-11-21-12-10-14)13-19-17-7-3-1-5-15(17)16-6-2-4-8-18(16)19/h1-12,19H,13H2. The van der Waals surface area contributed by atoms with Crippen LogP contribution in [0.5, 0.6) is 0 Å². The van der Waals surface area contributed by atoms with Gasteiger partial charge in [0.2, 0.25) is 0 Å². The highest BCUT2D eigenvalue weighted by atomic mass is 16.1. The van der Waals surface area contributed by atoms with Crippen molar-refractivity contribution >= 4 is 5.78 Å². The monoisotopic (exact) mass is 285 g/mol. The van der Waals surface area contributed by atoms with Gasteiger partial charge < -0.3 is 0 Å². The van der Waals surface area contributed by atoms with Gasteiger partial charge in [0.15, 0.2) is 5.78 Å². The molecule has 22 heavy (non-hydrogen) atoms. The van der Waals surface area contributed by atoms with Gasteiger partial charge in [-0.3, -0.25) is 9.78 Å². The number of nitrogens with zero attached hydrogens (tertiary/aromatic N) is 1. The van der Waals surface area contributed by atoms with Crippen LogP contribution in [0.4, 0.5) is 0 Å². The van der Waals surface area contributed by atoms with Crippen LogP contribution in [0, 0.1) is 0 Å². The van der Waals surface area contributed by atoms with Crippen molar-refractivity contribution in [2.75, 3.05) is 0 Å². The van der Waals surface area contributed by atoms with Crippen molar-refractivity contribution in [2.45, 2.75) is 12.3 Å². The van der Waals surface area contributed by atoms with Crippen molar-refractivity contribution in [3.63, 3.8) is 0 Å². The van der Waals surface area contributed by atoms with E-state index >= 15 is 0 Å². The average molecular weight is 285 g/mol. The van der Waals surface area contributed by atoms with Crippen molar-refractivity contribution in [1.82, 2.24) is 4.98 Å². The van der Waals surface area contributed by atoms with E-state index in [1.807, 2.05) is 0 Å². The van der Waals surface area contributed by atoms with Crippen LogP contribution >= 0.6 is 0 Å². The van der Waals surface area contributed by atoms with Gasteiger partial charge in [-0.1, -0.05) is 48.5 Å². The number of hydrogen-bond acceptors (Lipinski definition) is 2. The molecule has 2 heteroatoms. The van der Waals surface area contributed by atoms with E-state index in [0.717, 1.165) is 5.56 Å². The zero-order valence-electron chi connectivity index (χ0n) is 12.1. The maximum atomic E-state index is 12.6. The third-order valence-electron chi connectivity index (χ3n) is 4.35. The molecule has 3 aromatic rings. The van der Waals surface area contributed by atoms with E-state index in [1.165, 1.54) is 22.3 Å². The molecule has 0 unspecified atom stereocenters. The third kappa shape index (κ3) is 2.04. The lowest BCUT2D eigenvalue weighted by Gasteiger charge is -2.12. The highest BCUT2D eigenvalue weighted by molar-refractivity contribution is 5.97. The second-order valence-corrected chi connectivity index (χ2v) is 5.59. The van der Waals surface area contributed by atoms with Gasteiger partial charge in [-0.2, -0.15) is 0 Å². The molecule has 1 aromatic heterocycles. The van der Waals surface area contributed by atoms with Gasteiger partial charge in [0.25, 0.3) is 0 Å². The first kappa shape index (κ1) is 13.0. The smallest absolute Gasteiger partial charge is 0.163 e. The van der Waals surface area contributed by atoms with Crippen molar-refractivity contribution in [3.8, 4) is 11.1 Å². The minimum absolute atomic E-state index is 0.146. The van der Waals surface area contributed by atoms with E-state index in [9.17, 15) is 4.79 Å². The summed E-state index contributed by atoms with van der Waals surface area (Å²) < 4.78 is 0. The Labute approximate surface area is 129 Å². The minimum atomic E-state index is 0.146. The number of Topliss-reactive ketones (excluding diaryl/α,β-unsaturated/α-hetero) is 1. The molecule has 0 spiro atoms. The van der Waals surface area contributed by atoms with Crippen LogP contribution < -0.4 is 0 Å². The van der Waals surface area contributed by atoms with Crippen LogP contribution in [0.15, 0.2) is 73.1 Å². The van der Waals surface area contributed by atoms with Crippen molar-refractivity contribution in [3.05, 3.63) is 89.7 Å². The van der Waals surface area contributed by atoms with Gasteiger partial charge in [0.1, 0.15) is 0 Å². The average Bonchev–Trinajstić information content (AvgIpc) is 2.90. The molecule has 1 heterocycles. The lowest BCUT2D eigenvalue weighted by molar-refractivity contribution is 0.0978. The maximum Gasteiger partial charge on any atom is 0.163 e. The molecule has 0 N–H and O–H groups in total. The molecule has 4 rings (SSSR count). The topological polar surface area (TPSA) is 30.0 Å². The summed E-state index contributed by atoms with van der Waals surface area (Å²) in [4.78, 5) is 16.6. The lowest BCUT2D eigenvalue weighted by Crippen LogP contribution is -2.07. The van der Waals surface area contributed by atoms with Gasteiger partial charge in [-0.15, -0.1) is 0 Å². The molecule has 0 atom stereocenters. The Bertz CT molecular complexity index is 794. The van der Waals surface area contributed by atoms with E-state index in [2.05, 4.69) is 53.5 Å². The SMILES string of the molecule is O=C(CC1c2ccccc2-c2ccccc21)c1ccncc1. The molecule has 2 aromatic carbocycles. The van der Waals surface area contributed by atoms with Gasteiger partial charge >= 0.3 is 0 Å². The predicted octanol–water partition coefficient (Wildman–Crippen LogP) is 4.47.